The van der Waals surface area contributed by atoms with Crippen molar-refractivity contribution in [2.45, 2.75) is 70.4 Å². The van der Waals surface area contributed by atoms with Crippen LogP contribution in [0.3, 0.4) is 0 Å². The maximum atomic E-state index is 12.2. The fraction of sp³-hybridized carbons (Fsp3) is 0.600. The molecule has 0 aromatic heterocycles. The Morgan fingerprint density at radius 3 is 2.52 bits per heavy atom. The van der Waals surface area contributed by atoms with E-state index in [0.717, 1.165) is 31.2 Å². The first-order valence-corrected chi connectivity index (χ1v) is 9.57. The summed E-state index contributed by atoms with van der Waals surface area (Å²) in [4.78, 5) is 24.1. The SMILES string of the molecule is CCCC(NC(=O)CCNC(=O)NC1CCCCC1)c1ccccc1. The van der Waals surface area contributed by atoms with Gasteiger partial charge in [-0.3, -0.25) is 4.79 Å². The van der Waals surface area contributed by atoms with E-state index in [0.29, 0.717) is 13.0 Å². The molecule has 0 saturated heterocycles. The Labute approximate surface area is 151 Å². The fourth-order valence-electron chi connectivity index (χ4n) is 3.34. The van der Waals surface area contributed by atoms with E-state index >= 15 is 0 Å². The van der Waals surface area contributed by atoms with Gasteiger partial charge in [0.15, 0.2) is 0 Å². The largest absolute Gasteiger partial charge is 0.349 e. The van der Waals surface area contributed by atoms with E-state index in [4.69, 9.17) is 0 Å². The molecule has 2 rings (SSSR count). The zero-order valence-electron chi connectivity index (χ0n) is 15.2. The van der Waals surface area contributed by atoms with Gasteiger partial charge in [0.2, 0.25) is 5.91 Å². The van der Waals surface area contributed by atoms with Crippen molar-refractivity contribution in [3.8, 4) is 0 Å². The number of hydrogen-bond donors (Lipinski definition) is 3. The molecular weight excluding hydrogens is 314 g/mol. The molecule has 1 saturated carbocycles. The second-order valence-corrected chi connectivity index (χ2v) is 6.80. The highest BCUT2D eigenvalue weighted by atomic mass is 16.2. The fourth-order valence-corrected chi connectivity index (χ4v) is 3.34. The van der Waals surface area contributed by atoms with Gasteiger partial charge in [-0.15, -0.1) is 0 Å². The molecule has 0 spiro atoms. The zero-order valence-corrected chi connectivity index (χ0v) is 15.2. The maximum Gasteiger partial charge on any atom is 0.315 e. The summed E-state index contributed by atoms with van der Waals surface area (Å²) in [5, 5.41) is 8.87. The summed E-state index contributed by atoms with van der Waals surface area (Å²) in [5.74, 6) is -0.0275. The molecule has 1 unspecified atom stereocenters. The summed E-state index contributed by atoms with van der Waals surface area (Å²) < 4.78 is 0. The minimum absolute atomic E-state index is 0.0275. The Bertz CT molecular complexity index is 527. The molecule has 3 amide bonds. The van der Waals surface area contributed by atoms with Crippen molar-refractivity contribution < 1.29 is 9.59 Å². The Kier molecular flexibility index (Phi) is 8.29. The molecule has 0 heterocycles. The van der Waals surface area contributed by atoms with E-state index in [1.165, 1.54) is 19.3 Å². The number of rotatable bonds is 8. The predicted octanol–water partition coefficient (Wildman–Crippen LogP) is 3.67. The van der Waals surface area contributed by atoms with Gasteiger partial charge in [-0.25, -0.2) is 4.79 Å². The van der Waals surface area contributed by atoms with Crippen LogP contribution in [0.1, 0.15) is 69.9 Å². The van der Waals surface area contributed by atoms with Crippen molar-refractivity contribution in [2.24, 2.45) is 0 Å². The summed E-state index contributed by atoms with van der Waals surface area (Å²) in [6.45, 7) is 2.47. The Morgan fingerprint density at radius 2 is 1.84 bits per heavy atom. The lowest BCUT2D eigenvalue weighted by Gasteiger charge is -2.23. The van der Waals surface area contributed by atoms with Gasteiger partial charge in [-0.05, 0) is 24.8 Å². The number of urea groups is 1. The highest BCUT2D eigenvalue weighted by molar-refractivity contribution is 5.78. The molecule has 25 heavy (non-hydrogen) atoms. The van der Waals surface area contributed by atoms with Crippen LogP contribution in [0.5, 0.6) is 0 Å². The molecule has 5 nitrogen and oxygen atoms in total. The van der Waals surface area contributed by atoms with Crippen molar-refractivity contribution in [3.05, 3.63) is 35.9 Å². The van der Waals surface area contributed by atoms with E-state index in [-0.39, 0.29) is 24.0 Å². The zero-order chi connectivity index (χ0) is 17.9. The smallest absolute Gasteiger partial charge is 0.315 e. The minimum Gasteiger partial charge on any atom is -0.349 e. The number of nitrogens with one attached hydrogen (secondary N) is 3. The topological polar surface area (TPSA) is 70.2 Å². The van der Waals surface area contributed by atoms with Gasteiger partial charge in [-0.2, -0.15) is 0 Å². The first-order chi connectivity index (χ1) is 12.2. The maximum absolute atomic E-state index is 12.2. The molecule has 0 bridgehead atoms. The van der Waals surface area contributed by atoms with Gasteiger partial charge < -0.3 is 16.0 Å². The third-order valence-electron chi connectivity index (χ3n) is 4.69. The number of carbonyl (C=O) groups is 2. The lowest BCUT2D eigenvalue weighted by Crippen LogP contribution is -2.44. The Hall–Kier alpha value is -2.04. The third-order valence-corrected chi connectivity index (χ3v) is 4.69. The number of hydrogen-bond acceptors (Lipinski definition) is 2. The van der Waals surface area contributed by atoms with E-state index in [1.54, 1.807) is 0 Å². The van der Waals surface area contributed by atoms with Gasteiger partial charge in [-0.1, -0.05) is 62.9 Å². The summed E-state index contributed by atoms with van der Waals surface area (Å²) in [6.07, 6.45) is 7.96. The normalized spacial score (nSPS) is 16.0. The average molecular weight is 345 g/mol. The quantitative estimate of drug-likeness (QED) is 0.673. The van der Waals surface area contributed by atoms with E-state index < -0.39 is 0 Å². The van der Waals surface area contributed by atoms with Crippen molar-refractivity contribution in [1.82, 2.24) is 16.0 Å². The predicted molar refractivity (Wildman–Crippen MR) is 100 cm³/mol. The summed E-state index contributed by atoms with van der Waals surface area (Å²) in [7, 11) is 0. The van der Waals surface area contributed by atoms with Gasteiger partial charge in [0.05, 0.1) is 6.04 Å². The van der Waals surface area contributed by atoms with Gasteiger partial charge in [0.1, 0.15) is 0 Å². The van der Waals surface area contributed by atoms with Crippen LogP contribution in [0, 0.1) is 0 Å². The summed E-state index contributed by atoms with van der Waals surface area (Å²) >= 11 is 0. The molecule has 1 aliphatic rings. The Morgan fingerprint density at radius 1 is 1.12 bits per heavy atom. The van der Waals surface area contributed by atoms with E-state index in [2.05, 4.69) is 22.9 Å². The molecule has 5 heteroatoms. The molecule has 1 aliphatic carbocycles. The highest BCUT2D eigenvalue weighted by Crippen LogP contribution is 2.18. The first-order valence-electron chi connectivity index (χ1n) is 9.57. The van der Waals surface area contributed by atoms with Crippen LogP contribution >= 0.6 is 0 Å². The van der Waals surface area contributed by atoms with Gasteiger partial charge >= 0.3 is 6.03 Å². The summed E-state index contributed by atoms with van der Waals surface area (Å²) in [5.41, 5.74) is 1.13. The van der Waals surface area contributed by atoms with Crippen LogP contribution < -0.4 is 16.0 Å². The molecule has 1 aromatic rings. The van der Waals surface area contributed by atoms with Crippen molar-refractivity contribution in [3.63, 3.8) is 0 Å². The number of amides is 3. The molecule has 1 aromatic carbocycles. The standard InChI is InChI=1S/C20H31N3O2/c1-2-9-18(16-10-5-3-6-11-16)23-19(24)14-15-21-20(25)22-17-12-7-4-8-13-17/h3,5-6,10-11,17-18H,2,4,7-9,12-15H2,1H3,(H,23,24)(H2,21,22,25). The van der Waals surface area contributed by atoms with Gasteiger partial charge in [0, 0.05) is 19.0 Å². The van der Waals surface area contributed by atoms with Crippen molar-refractivity contribution in [1.29, 1.82) is 0 Å². The second kappa shape index (κ2) is 10.7. The van der Waals surface area contributed by atoms with Crippen molar-refractivity contribution in [2.75, 3.05) is 6.54 Å². The molecule has 0 aliphatic heterocycles. The lowest BCUT2D eigenvalue weighted by atomic mass is 9.96. The molecule has 1 fully saturated rings. The molecule has 0 radical (unpaired) electrons. The van der Waals surface area contributed by atoms with Crippen LogP contribution in [0.15, 0.2) is 30.3 Å². The van der Waals surface area contributed by atoms with E-state index in [1.807, 2.05) is 30.3 Å². The van der Waals surface area contributed by atoms with Crippen LogP contribution in [0.2, 0.25) is 0 Å². The van der Waals surface area contributed by atoms with Crippen LogP contribution in [0.25, 0.3) is 0 Å². The van der Waals surface area contributed by atoms with Crippen LogP contribution in [0.4, 0.5) is 4.79 Å². The highest BCUT2D eigenvalue weighted by Gasteiger charge is 2.16. The second-order valence-electron chi connectivity index (χ2n) is 6.80. The molecule has 138 valence electrons. The van der Waals surface area contributed by atoms with Crippen LogP contribution in [-0.2, 0) is 4.79 Å². The molecule has 1 atom stereocenters. The molecule has 3 N–H and O–H groups in total. The first kappa shape index (κ1) is 19.3. The third kappa shape index (κ3) is 7.16. The molecular formula is C20H31N3O2. The number of carbonyl (C=O) groups excluding carboxylic acids is 2. The van der Waals surface area contributed by atoms with Crippen molar-refractivity contribution >= 4 is 11.9 Å². The monoisotopic (exact) mass is 345 g/mol. The van der Waals surface area contributed by atoms with Gasteiger partial charge in [0.25, 0.3) is 0 Å². The average Bonchev–Trinajstić information content (AvgIpc) is 2.63. The number of benzene rings is 1. The lowest BCUT2D eigenvalue weighted by molar-refractivity contribution is -0.121. The minimum atomic E-state index is -0.159. The summed E-state index contributed by atoms with van der Waals surface area (Å²) in [6, 6.07) is 10.2. The Balaban J connectivity index is 1.69. The van der Waals surface area contributed by atoms with Crippen LogP contribution in [-0.4, -0.2) is 24.5 Å². The van der Waals surface area contributed by atoms with E-state index in [9.17, 15) is 9.59 Å².